The van der Waals surface area contributed by atoms with Gasteiger partial charge in [0.05, 0.1) is 0 Å². The number of amides is 1. The highest BCUT2D eigenvalue weighted by Crippen LogP contribution is 2.17. The molecule has 2 aromatic carbocycles. The fourth-order valence-electron chi connectivity index (χ4n) is 1.64. The second kappa shape index (κ2) is 6.71. The van der Waals surface area contributed by atoms with E-state index in [4.69, 9.17) is 22.7 Å². The Bertz CT molecular complexity index is 656. The Morgan fingerprint density at radius 3 is 2.57 bits per heavy atom. The van der Waals surface area contributed by atoms with Gasteiger partial charge >= 0.3 is 0 Å². The van der Waals surface area contributed by atoms with Crippen LogP contribution in [0.1, 0.15) is 10.4 Å². The maximum Gasteiger partial charge on any atom is 0.255 e. The van der Waals surface area contributed by atoms with E-state index in [1.165, 1.54) is 12.1 Å². The van der Waals surface area contributed by atoms with Crippen molar-refractivity contribution in [2.75, 3.05) is 11.9 Å². The van der Waals surface area contributed by atoms with Gasteiger partial charge in [-0.1, -0.05) is 18.3 Å². The molecule has 21 heavy (non-hydrogen) atoms. The van der Waals surface area contributed by atoms with Crippen LogP contribution in [0, 0.1) is 0 Å². The number of carbonyl (C=O) groups is 1. The highest BCUT2D eigenvalue weighted by atomic mass is 32.1. The minimum absolute atomic E-state index is 0.0455. The number of ether oxygens (including phenoxy) is 1. The Morgan fingerprint density at radius 2 is 1.95 bits per heavy atom. The first-order chi connectivity index (χ1) is 10.0. The third kappa shape index (κ3) is 4.47. The summed E-state index contributed by atoms with van der Waals surface area (Å²) in [6.07, 6.45) is 0. The van der Waals surface area contributed by atoms with Crippen molar-refractivity contribution in [1.29, 1.82) is 0 Å². The molecular formula is C15H14N2O3S. The SMILES string of the molecule is NC(=S)COc1ccc(NC(=O)c2cccc(O)c2)cc1. The number of hydrogen-bond acceptors (Lipinski definition) is 4. The van der Waals surface area contributed by atoms with Gasteiger partial charge in [-0.05, 0) is 42.5 Å². The lowest BCUT2D eigenvalue weighted by Crippen LogP contribution is -2.17. The van der Waals surface area contributed by atoms with Gasteiger partial charge in [-0.15, -0.1) is 0 Å². The Balaban J connectivity index is 2.00. The molecule has 0 aromatic heterocycles. The maximum atomic E-state index is 12.0. The molecule has 108 valence electrons. The molecule has 5 nitrogen and oxygen atoms in total. The lowest BCUT2D eigenvalue weighted by molar-refractivity contribution is 0.102. The summed E-state index contributed by atoms with van der Waals surface area (Å²) in [6.45, 7) is 0.171. The molecule has 2 aromatic rings. The second-order valence-corrected chi connectivity index (χ2v) is 4.81. The van der Waals surface area contributed by atoms with Crippen LogP contribution in [0.4, 0.5) is 5.69 Å². The summed E-state index contributed by atoms with van der Waals surface area (Å²) in [5, 5.41) is 12.1. The summed E-state index contributed by atoms with van der Waals surface area (Å²) in [6, 6.07) is 12.9. The quantitative estimate of drug-likeness (QED) is 0.738. The number of benzene rings is 2. The highest BCUT2D eigenvalue weighted by Gasteiger charge is 2.06. The van der Waals surface area contributed by atoms with E-state index in [2.05, 4.69) is 5.32 Å². The summed E-state index contributed by atoms with van der Waals surface area (Å²) < 4.78 is 5.32. The monoisotopic (exact) mass is 302 g/mol. The third-order valence-electron chi connectivity index (χ3n) is 2.60. The molecule has 0 fully saturated rings. The van der Waals surface area contributed by atoms with Crippen LogP contribution in [0.2, 0.25) is 0 Å². The molecule has 0 aliphatic carbocycles. The van der Waals surface area contributed by atoms with Gasteiger partial charge in [0.25, 0.3) is 5.91 Å². The van der Waals surface area contributed by atoms with Crippen molar-refractivity contribution < 1.29 is 14.6 Å². The number of nitrogens with two attached hydrogens (primary N) is 1. The summed E-state index contributed by atoms with van der Waals surface area (Å²) in [7, 11) is 0. The molecule has 0 saturated heterocycles. The fraction of sp³-hybridized carbons (Fsp3) is 0.0667. The van der Waals surface area contributed by atoms with Crippen LogP contribution < -0.4 is 15.8 Å². The van der Waals surface area contributed by atoms with E-state index >= 15 is 0 Å². The molecule has 0 bridgehead atoms. The van der Waals surface area contributed by atoms with Gasteiger partial charge in [0.15, 0.2) is 0 Å². The van der Waals surface area contributed by atoms with Gasteiger partial charge in [-0.3, -0.25) is 4.79 Å². The van der Waals surface area contributed by atoms with Crippen molar-refractivity contribution in [1.82, 2.24) is 0 Å². The zero-order valence-corrected chi connectivity index (χ0v) is 11.9. The first kappa shape index (κ1) is 14.8. The number of anilines is 1. The molecule has 0 spiro atoms. The smallest absolute Gasteiger partial charge is 0.255 e. The molecule has 0 atom stereocenters. The predicted octanol–water partition coefficient (Wildman–Crippen LogP) is 2.31. The van der Waals surface area contributed by atoms with Crippen LogP contribution >= 0.6 is 12.2 Å². The Morgan fingerprint density at radius 1 is 1.24 bits per heavy atom. The van der Waals surface area contributed by atoms with Gasteiger partial charge in [0.2, 0.25) is 0 Å². The fourth-order valence-corrected chi connectivity index (χ4v) is 1.70. The van der Waals surface area contributed by atoms with E-state index in [0.717, 1.165) is 0 Å². The van der Waals surface area contributed by atoms with Crippen molar-refractivity contribution >= 4 is 28.8 Å². The molecule has 0 aliphatic rings. The molecule has 0 saturated carbocycles. The number of hydrogen-bond donors (Lipinski definition) is 3. The second-order valence-electron chi connectivity index (χ2n) is 4.28. The van der Waals surface area contributed by atoms with Gasteiger partial charge in [-0.25, -0.2) is 0 Å². The number of nitrogens with one attached hydrogen (secondary N) is 1. The summed E-state index contributed by atoms with van der Waals surface area (Å²) in [5.74, 6) is 0.352. The average molecular weight is 302 g/mol. The van der Waals surface area contributed by atoms with Crippen molar-refractivity contribution in [2.24, 2.45) is 5.73 Å². The molecule has 0 unspecified atom stereocenters. The topological polar surface area (TPSA) is 84.6 Å². The number of thiocarbonyl (C=S) groups is 1. The number of rotatable bonds is 5. The molecule has 0 heterocycles. The van der Waals surface area contributed by atoms with Crippen molar-refractivity contribution in [3.63, 3.8) is 0 Å². The van der Waals surface area contributed by atoms with Gasteiger partial charge in [-0.2, -0.15) is 0 Å². The van der Waals surface area contributed by atoms with Gasteiger partial charge < -0.3 is 20.9 Å². The van der Waals surface area contributed by atoms with Crippen molar-refractivity contribution in [3.05, 3.63) is 54.1 Å². The van der Waals surface area contributed by atoms with Crippen molar-refractivity contribution in [3.8, 4) is 11.5 Å². The van der Waals surface area contributed by atoms with Gasteiger partial charge in [0, 0.05) is 11.3 Å². The molecule has 6 heteroatoms. The van der Waals surface area contributed by atoms with Crippen molar-refractivity contribution in [2.45, 2.75) is 0 Å². The largest absolute Gasteiger partial charge is 0.508 e. The lowest BCUT2D eigenvalue weighted by atomic mass is 10.2. The Hall–Kier alpha value is -2.60. The minimum Gasteiger partial charge on any atom is -0.508 e. The molecule has 1 amide bonds. The number of phenolic OH excluding ortho intramolecular Hbond substituents is 1. The summed E-state index contributed by atoms with van der Waals surface area (Å²) >= 11 is 4.72. The Kier molecular flexibility index (Phi) is 4.73. The highest BCUT2D eigenvalue weighted by molar-refractivity contribution is 7.80. The first-order valence-electron chi connectivity index (χ1n) is 6.16. The minimum atomic E-state index is -0.303. The standard InChI is InChI=1S/C15H14N2O3S/c16-14(21)9-20-13-6-4-11(5-7-13)17-15(19)10-2-1-3-12(18)8-10/h1-8,18H,9H2,(H2,16,21)(H,17,19). The zero-order chi connectivity index (χ0) is 15.2. The van der Waals surface area contributed by atoms with Gasteiger partial charge in [0.1, 0.15) is 23.1 Å². The van der Waals surface area contributed by atoms with E-state index in [9.17, 15) is 9.90 Å². The molecule has 0 radical (unpaired) electrons. The molecule has 2 rings (SSSR count). The number of aromatic hydroxyl groups is 1. The van der Waals surface area contributed by atoms with Crippen LogP contribution in [0.25, 0.3) is 0 Å². The van der Waals surface area contributed by atoms with Crippen LogP contribution in [0.5, 0.6) is 11.5 Å². The van der Waals surface area contributed by atoms with Crippen LogP contribution in [-0.4, -0.2) is 22.6 Å². The normalized spacial score (nSPS) is 9.90. The van der Waals surface area contributed by atoms with E-state index in [1.54, 1.807) is 36.4 Å². The third-order valence-corrected chi connectivity index (χ3v) is 2.72. The van der Waals surface area contributed by atoms with E-state index < -0.39 is 0 Å². The molecule has 0 aliphatic heterocycles. The van der Waals surface area contributed by atoms with Crippen LogP contribution in [-0.2, 0) is 0 Å². The van der Waals surface area contributed by atoms with E-state index in [-0.39, 0.29) is 23.3 Å². The summed E-state index contributed by atoms with van der Waals surface area (Å²) in [4.78, 5) is 12.3. The summed E-state index contributed by atoms with van der Waals surface area (Å²) in [5.41, 5.74) is 6.34. The predicted molar refractivity (Wildman–Crippen MR) is 84.8 cm³/mol. The average Bonchev–Trinajstić information content (AvgIpc) is 2.46. The first-order valence-corrected chi connectivity index (χ1v) is 6.57. The molecular weight excluding hydrogens is 288 g/mol. The van der Waals surface area contributed by atoms with E-state index in [1.807, 2.05) is 0 Å². The Labute approximate surface area is 127 Å². The van der Waals surface area contributed by atoms with Crippen LogP contribution in [0.3, 0.4) is 0 Å². The van der Waals surface area contributed by atoms with Crippen LogP contribution in [0.15, 0.2) is 48.5 Å². The van der Waals surface area contributed by atoms with E-state index in [0.29, 0.717) is 17.0 Å². The molecule has 4 N–H and O–H groups in total. The lowest BCUT2D eigenvalue weighted by Gasteiger charge is -2.08. The number of phenols is 1. The maximum absolute atomic E-state index is 12.0. The zero-order valence-electron chi connectivity index (χ0n) is 11.1. The number of carbonyl (C=O) groups excluding carboxylic acids is 1.